The molecule has 0 saturated carbocycles. The molecular weight excluding hydrogens is 260 g/mol. The van der Waals surface area contributed by atoms with E-state index < -0.39 is 17.5 Å². The molecule has 0 bridgehead atoms. The number of rotatable bonds is 2. The fraction of sp³-hybridized carbons (Fsp3) is 0. The fourth-order valence-corrected chi connectivity index (χ4v) is 1.60. The first-order valence-electron chi connectivity index (χ1n) is 5.09. The Kier molecular flexibility index (Phi) is 3.58. The van der Waals surface area contributed by atoms with E-state index in [1.165, 1.54) is 36.4 Å². The van der Waals surface area contributed by atoms with Gasteiger partial charge in [-0.3, -0.25) is 4.79 Å². The van der Waals surface area contributed by atoms with E-state index >= 15 is 0 Å². The molecule has 2 rings (SSSR count). The Morgan fingerprint density at radius 2 is 1.83 bits per heavy atom. The molecule has 0 atom stereocenters. The lowest BCUT2D eigenvalue weighted by Crippen LogP contribution is -2.13. The molecule has 0 aliphatic carbocycles. The third kappa shape index (κ3) is 2.65. The molecule has 0 aliphatic heterocycles. The number of hydrogen-bond acceptors (Lipinski definition) is 1. The van der Waals surface area contributed by atoms with E-state index in [-0.39, 0.29) is 16.3 Å². The van der Waals surface area contributed by atoms with Crippen molar-refractivity contribution in [3.05, 3.63) is 64.7 Å². The highest BCUT2D eigenvalue weighted by atomic mass is 35.5. The number of hydrogen-bond donors (Lipinski definition) is 1. The van der Waals surface area contributed by atoms with Crippen LogP contribution in [0.2, 0.25) is 5.02 Å². The van der Waals surface area contributed by atoms with Gasteiger partial charge in [0.05, 0.1) is 10.7 Å². The summed E-state index contributed by atoms with van der Waals surface area (Å²) in [5, 5.41) is 2.24. The zero-order valence-electron chi connectivity index (χ0n) is 9.08. The van der Waals surface area contributed by atoms with Crippen molar-refractivity contribution >= 4 is 23.2 Å². The van der Waals surface area contributed by atoms with Crippen LogP contribution in [0.25, 0.3) is 0 Å². The van der Waals surface area contributed by atoms with Crippen LogP contribution in [0.3, 0.4) is 0 Å². The van der Waals surface area contributed by atoms with Crippen LogP contribution in [0, 0.1) is 11.6 Å². The second-order valence-electron chi connectivity index (χ2n) is 3.57. The number of carbonyl (C=O) groups excluding carboxylic acids is 1. The third-order valence-electron chi connectivity index (χ3n) is 2.29. The molecule has 2 aromatic rings. The summed E-state index contributed by atoms with van der Waals surface area (Å²) in [5.74, 6) is -1.85. The summed E-state index contributed by atoms with van der Waals surface area (Å²) in [4.78, 5) is 11.7. The molecule has 18 heavy (non-hydrogen) atoms. The van der Waals surface area contributed by atoms with Gasteiger partial charge in [-0.1, -0.05) is 23.7 Å². The molecule has 0 saturated heterocycles. The van der Waals surface area contributed by atoms with Gasteiger partial charge in [0.2, 0.25) is 0 Å². The molecule has 0 spiro atoms. The van der Waals surface area contributed by atoms with Gasteiger partial charge in [-0.2, -0.15) is 0 Å². The third-order valence-corrected chi connectivity index (χ3v) is 2.58. The second kappa shape index (κ2) is 5.14. The normalized spacial score (nSPS) is 10.2. The Hall–Kier alpha value is -1.94. The van der Waals surface area contributed by atoms with E-state index in [9.17, 15) is 13.6 Å². The minimum absolute atomic E-state index is 0.0447. The number of benzene rings is 2. The molecule has 1 N–H and O–H groups in total. The highest BCUT2D eigenvalue weighted by Gasteiger charge is 2.11. The van der Waals surface area contributed by atoms with Crippen LogP contribution in [0.5, 0.6) is 0 Å². The molecule has 92 valence electrons. The van der Waals surface area contributed by atoms with Crippen molar-refractivity contribution in [3.63, 3.8) is 0 Å². The van der Waals surface area contributed by atoms with Gasteiger partial charge in [0, 0.05) is 5.56 Å². The smallest absolute Gasteiger partial charge is 0.255 e. The summed E-state index contributed by atoms with van der Waals surface area (Å²) in [5.41, 5.74) is 0.0612. The SMILES string of the molecule is O=C(Nc1cccc(Cl)c1F)c1cccc(F)c1. The lowest BCUT2D eigenvalue weighted by Gasteiger charge is -2.07. The average molecular weight is 268 g/mol. The maximum Gasteiger partial charge on any atom is 0.255 e. The molecule has 0 fully saturated rings. The molecule has 2 aromatic carbocycles. The zero-order valence-corrected chi connectivity index (χ0v) is 9.84. The van der Waals surface area contributed by atoms with Crippen molar-refractivity contribution in [3.8, 4) is 0 Å². The van der Waals surface area contributed by atoms with Crippen LogP contribution in [0.4, 0.5) is 14.5 Å². The predicted octanol–water partition coefficient (Wildman–Crippen LogP) is 3.87. The maximum absolute atomic E-state index is 13.5. The number of carbonyl (C=O) groups is 1. The summed E-state index contributed by atoms with van der Waals surface area (Å²) in [6.45, 7) is 0. The monoisotopic (exact) mass is 267 g/mol. The summed E-state index contributed by atoms with van der Waals surface area (Å²) in [7, 11) is 0. The van der Waals surface area contributed by atoms with Gasteiger partial charge in [-0.05, 0) is 30.3 Å². The summed E-state index contributed by atoms with van der Waals surface area (Å²) < 4.78 is 26.5. The summed E-state index contributed by atoms with van der Waals surface area (Å²) in [6.07, 6.45) is 0. The average Bonchev–Trinajstić information content (AvgIpc) is 2.35. The van der Waals surface area contributed by atoms with Crippen molar-refractivity contribution in [1.29, 1.82) is 0 Å². The largest absolute Gasteiger partial charge is 0.319 e. The van der Waals surface area contributed by atoms with E-state index in [2.05, 4.69) is 5.32 Å². The minimum Gasteiger partial charge on any atom is -0.319 e. The van der Waals surface area contributed by atoms with Crippen molar-refractivity contribution in [2.45, 2.75) is 0 Å². The van der Waals surface area contributed by atoms with Crippen LogP contribution in [0.1, 0.15) is 10.4 Å². The number of anilines is 1. The van der Waals surface area contributed by atoms with Gasteiger partial charge in [0.15, 0.2) is 5.82 Å². The van der Waals surface area contributed by atoms with E-state index in [0.29, 0.717) is 0 Å². The summed E-state index contributed by atoms with van der Waals surface area (Å²) in [6, 6.07) is 9.37. The number of halogens is 3. The van der Waals surface area contributed by atoms with Crippen molar-refractivity contribution in [2.24, 2.45) is 0 Å². The van der Waals surface area contributed by atoms with E-state index in [1.807, 2.05) is 0 Å². The molecule has 1 amide bonds. The van der Waals surface area contributed by atoms with Gasteiger partial charge >= 0.3 is 0 Å². The van der Waals surface area contributed by atoms with Crippen LogP contribution < -0.4 is 5.32 Å². The minimum atomic E-state index is -0.719. The van der Waals surface area contributed by atoms with Crippen LogP contribution in [0.15, 0.2) is 42.5 Å². The maximum atomic E-state index is 13.5. The molecule has 2 nitrogen and oxygen atoms in total. The first-order valence-corrected chi connectivity index (χ1v) is 5.46. The lowest BCUT2D eigenvalue weighted by molar-refractivity contribution is 0.102. The lowest BCUT2D eigenvalue weighted by atomic mass is 10.2. The van der Waals surface area contributed by atoms with Crippen LogP contribution in [-0.4, -0.2) is 5.91 Å². The Morgan fingerprint density at radius 3 is 2.56 bits per heavy atom. The van der Waals surface area contributed by atoms with Gasteiger partial charge in [0.25, 0.3) is 5.91 Å². The molecule has 0 radical (unpaired) electrons. The molecule has 0 aromatic heterocycles. The predicted molar refractivity (Wildman–Crippen MR) is 65.8 cm³/mol. The van der Waals surface area contributed by atoms with Gasteiger partial charge < -0.3 is 5.32 Å². The standard InChI is InChI=1S/C13H8ClF2NO/c14-10-5-2-6-11(12(10)16)17-13(18)8-3-1-4-9(15)7-8/h1-7H,(H,17,18). The van der Waals surface area contributed by atoms with E-state index in [4.69, 9.17) is 11.6 Å². The fourth-order valence-electron chi connectivity index (χ4n) is 1.42. The van der Waals surface area contributed by atoms with Crippen molar-refractivity contribution in [1.82, 2.24) is 0 Å². The molecule has 0 unspecified atom stereocenters. The topological polar surface area (TPSA) is 29.1 Å². The molecule has 0 heterocycles. The van der Waals surface area contributed by atoms with E-state index in [1.54, 1.807) is 0 Å². The van der Waals surface area contributed by atoms with Crippen LogP contribution in [-0.2, 0) is 0 Å². The van der Waals surface area contributed by atoms with Crippen molar-refractivity contribution in [2.75, 3.05) is 5.32 Å². The Bertz CT molecular complexity index is 601. The quantitative estimate of drug-likeness (QED) is 0.879. The van der Waals surface area contributed by atoms with Crippen molar-refractivity contribution < 1.29 is 13.6 Å². The Labute approximate surface area is 107 Å². The second-order valence-corrected chi connectivity index (χ2v) is 3.97. The van der Waals surface area contributed by atoms with E-state index in [0.717, 1.165) is 6.07 Å². The Morgan fingerprint density at radius 1 is 1.11 bits per heavy atom. The number of amides is 1. The van der Waals surface area contributed by atoms with Gasteiger partial charge in [-0.15, -0.1) is 0 Å². The molecule has 5 heteroatoms. The highest BCUT2D eigenvalue weighted by Crippen LogP contribution is 2.22. The number of nitrogens with one attached hydrogen (secondary N) is 1. The zero-order chi connectivity index (χ0) is 13.1. The molecular formula is C13H8ClF2NO. The summed E-state index contributed by atoms with van der Waals surface area (Å²) >= 11 is 5.58. The van der Waals surface area contributed by atoms with Gasteiger partial charge in [-0.25, -0.2) is 8.78 Å². The first-order chi connectivity index (χ1) is 8.58. The van der Waals surface area contributed by atoms with Crippen LogP contribution >= 0.6 is 11.6 Å². The van der Waals surface area contributed by atoms with Gasteiger partial charge in [0.1, 0.15) is 5.82 Å². The highest BCUT2D eigenvalue weighted by molar-refractivity contribution is 6.31. The molecule has 0 aliphatic rings. The first kappa shape index (κ1) is 12.5. The Balaban J connectivity index is 2.24.